The van der Waals surface area contributed by atoms with E-state index >= 15 is 0 Å². The average molecular weight is 339 g/mol. The highest BCUT2D eigenvalue weighted by atomic mass is 16.6. The molecular weight excluding hydrogens is 326 g/mol. The summed E-state index contributed by atoms with van der Waals surface area (Å²) in [6.45, 7) is 0.435. The standard InChI is InChI=1S/C16H13N5O4/c22-15(14-2-1-7-25-14)20-12-5-3-11(4-6-12)8-17-16-18-9-13(10-19-16)21(23)24/h1-7,9-10H,8H2,(H,20,22)(H,17,18,19). The van der Waals surface area contributed by atoms with E-state index in [1.807, 2.05) is 12.1 Å². The summed E-state index contributed by atoms with van der Waals surface area (Å²) in [6, 6.07) is 10.4. The van der Waals surface area contributed by atoms with Crippen LogP contribution in [0, 0.1) is 10.1 Å². The Labute approximate surface area is 141 Å². The Morgan fingerprint density at radius 1 is 1.16 bits per heavy atom. The number of anilines is 2. The van der Waals surface area contributed by atoms with Gasteiger partial charge in [0, 0.05) is 12.2 Å². The maximum absolute atomic E-state index is 11.9. The van der Waals surface area contributed by atoms with Gasteiger partial charge in [-0.2, -0.15) is 0 Å². The number of hydrogen-bond acceptors (Lipinski definition) is 7. The molecule has 9 nitrogen and oxygen atoms in total. The molecule has 0 saturated carbocycles. The fourth-order valence-electron chi connectivity index (χ4n) is 1.99. The van der Waals surface area contributed by atoms with Gasteiger partial charge >= 0.3 is 5.69 Å². The van der Waals surface area contributed by atoms with Gasteiger partial charge in [-0.15, -0.1) is 0 Å². The van der Waals surface area contributed by atoms with Crippen molar-refractivity contribution in [3.05, 3.63) is 76.5 Å². The van der Waals surface area contributed by atoms with Gasteiger partial charge in [-0.1, -0.05) is 12.1 Å². The Balaban J connectivity index is 1.55. The Morgan fingerprint density at radius 2 is 1.88 bits per heavy atom. The average Bonchev–Trinajstić information content (AvgIpc) is 3.16. The van der Waals surface area contributed by atoms with E-state index in [1.54, 1.807) is 24.3 Å². The normalized spacial score (nSPS) is 10.2. The van der Waals surface area contributed by atoms with Crippen molar-refractivity contribution in [2.75, 3.05) is 10.6 Å². The number of nitrogens with one attached hydrogen (secondary N) is 2. The number of carbonyl (C=O) groups is 1. The molecule has 1 amide bonds. The van der Waals surface area contributed by atoms with Crippen LogP contribution in [0.1, 0.15) is 16.1 Å². The molecule has 2 N–H and O–H groups in total. The Bertz CT molecular complexity index is 861. The lowest BCUT2D eigenvalue weighted by atomic mass is 10.2. The molecule has 0 unspecified atom stereocenters. The number of aromatic nitrogens is 2. The molecule has 0 fully saturated rings. The van der Waals surface area contributed by atoms with Crippen molar-refractivity contribution in [3.63, 3.8) is 0 Å². The smallest absolute Gasteiger partial charge is 0.305 e. The lowest BCUT2D eigenvalue weighted by molar-refractivity contribution is -0.385. The second-order valence-corrected chi connectivity index (χ2v) is 5.00. The van der Waals surface area contributed by atoms with Gasteiger partial charge in [0.15, 0.2) is 5.76 Å². The molecule has 2 aromatic heterocycles. The molecule has 0 radical (unpaired) electrons. The first kappa shape index (κ1) is 16.1. The number of hydrogen-bond donors (Lipinski definition) is 2. The van der Waals surface area contributed by atoms with Gasteiger partial charge in [-0.25, -0.2) is 9.97 Å². The summed E-state index contributed by atoms with van der Waals surface area (Å²) < 4.78 is 5.02. The van der Waals surface area contributed by atoms with Gasteiger partial charge in [0.2, 0.25) is 5.95 Å². The van der Waals surface area contributed by atoms with Crippen LogP contribution in [0.4, 0.5) is 17.3 Å². The molecule has 0 aliphatic heterocycles. The van der Waals surface area contributed by atoms with E-state index in [9.17, 15) is 14.9 Å². The number of carbonyl (C=O) groups excluding carboxylic acids is 1. The zero-order chi connectivity index (χ0) is 17.6. The van der Waals surface area contributed by atoms with Crippen LogP contribution < -0.4 is 10.6 Å². The monoisotopic (exact) mass is 339 g/mol. The van der Waals surface area contributed by atoms with Crippen LogP contribution in [0.15, 0.2) is 59.5 Å². The van der Waals surface area contributed by atoms with Gasteiger partial charge in [-0.05, 0) is 29.8 Å². The minimum absolute atomic E-state index is 0.165. The topological polar surface area (TPSA) is 123 Å². The third-order valence-electron chi connectivity index (χ3n) is 3.26. The predicted molar refractivity (Wildman–Crippen MR) is 89.1 cm³/mol. The SMILES string of the molecule is O=C(Nc1ccc(CNc2ncc([N+](=O)[O-])cn2)cc1)c1ccco1. The molecule has 0 aliphatic carbocycles. The molecule has 3 aromatic rings. The Morgan fingerprint density at radius 3 is 2.48 bits per heavy atom. The quantitative estimate of drug-likeness (QED) is 0.523. The summed E-state index contributed by atoms with van der Waals surface area (Å²) in [5.41, 5.74) is 1.40. The zero-order valence-electron chi connectivity index (χ0n) is 12.9. The number of furan rings is 1. The first-order chi connectivity index (χ1) is 12.1. The second kappa shape index (κ2) is 7.21. The first-order valence-electron chi connectivity index (χ1n) is 7.26. The summed E-state index contributed by atoms with van der Waals surface area (Å²) in [5.74, 6) is 0.206. The minimum atomic E-state index is -0.556. The second-order valence-electron chi connectivity index (χ2n) is 5.00. The van der Waals surface area contributed by atoms with Crippen molar-refractivity contribution in [1.82, 2.24) is 9.97 Å². The van der Waals surface area contributed by atoms with Crippen LogP contribution in [0.25, 0.3) is 0 Å². The van der Waals surface area contributed by atoms with Crippen LogP contribution in [0.3, 0.4) is 0 Å². The molecule has 25 heavy (non-hydrogen) atoms. The molecule has 1 aromatic carbocycles. The lowest BCUT2D eigenvalue weighted by Crippen LogP contribution is -2.10. The molecule has 0 atom stereocenters. The number of benzene rings is 1. The van der Waals surface area contributed by atoms with E-state index in [4.69, 9.17) is 4.42 Å². The van der Waals surface area contributed by atoms with Crippen molar-refractivity contribution < 1.29 is 14.1 Å². The van der Waals surface area contributed by atoms with Crippen LogP contribution in [0.2, 0.25) is 0 Å². The largest absolute Gasteiger partial charge is 0.459 e. The molecule has 9 heteroatoms. The molecule has 3 rings (SSSR count). The summed E-state index contributed by atoms with van der Waals surface area (Å²) in [4.78, 5) is 29.6. The van der Waals surface area contributed by atoms with Crippen LogP contribution in [-0.4, -0.2) is 20.8 Å². The fourth-order valence-corrected chi connectivity index (χ4v) is 1.99. The Kier molecular flexibility index (Phi) is 4.65. The summed E-state index contributed by atoms with van der Waals surface area (Å²) in [6.07, 6.45) is 3.72. The lowest BCUT2D eigenvalue weighted by Gasteiger charge is -2.07. The van der Waals surface area contributed by atoms with E-state index in [0.29, 0.717) is 18.2 Å². The Hall–Kier alpha value is -3.75. The molecule has 0 bridgehead atoms. The predicted octanol–water partition coefficient (Wildman–Crippen LogP) is 2.84. The van der Waals surface area contributed by atoms with Crippen molar-refractivity contribution in [2.24, 2.45) is 0 Å². The van der Waals surface area contributed by atoms with E-state index in [2.05, 4.69) is 20.6 Å². The number of rotatable bonds is 6. The minimum Gasteiger partial charge on any atom is -0.459 e. The van der Waals surface area contributed by atoms with Crippen molar-refractivity contribution in [2.45, 2.75) is 6.54 Å². The summed E-state index contributed by atoms with van der Waals surface area (Å²) in [7, 11) is 0. The fraction of sp³-hybridized carbons (Fsp3) is 0.0625. The van der Waals surface area contributed by atoms with Crippen molar-refractivity contribution in [3.8, 4) is 0 Å². The maximum atomic E-state index is 11.9. The van der Waals surface area contributed by atoms with E-state index in [0.717, 1.165) is 18.0 Å². The van der Waals surface area contributed by atoms with Crippen LogP contribution >= 0.6 is 0 Å². The molecule has 0 spiro atoms. The van der Waals surface area contributed by atoms with Crippen LogP contribution in [-0.2, 0) is 6.54 Å². The third kappa shape index (κ3) is 4.16. The molecule has 0 saturated heterocycles. The van der Waals surface area contributed by atoms with Crippen molar-refractivity contribution >= 4 is 23.2 Å². The van der Waals surface area contributed by atoms with Gasteiger partial charge in [0.25, 0.3) is 5.91 Å². The van der Waals surface area contributed by atoms with Crippen molar-refractivity contribution in [1.29, 1.82) is 0 Å². The van der Waals surface area contributed by atoms with Gasteiger partial charge in [0.1, 0.15) is 12.4 Å². The number of amides is 1. The highest BCUT2D eigenvalue weighted by Gasteiger charge is 2.09. The van der Waals surface area contributed by atoms with Gasteiger partial charge in [-0.3, -0.25) is 14.9 Å². The summed E-state index contributed by atoms with van der Waals surface area (Å²) >= 11 is 0. The van der Waals surface area contributed by atoms with E-state index in [1.165, 1.54) is 6.26 Å². The molecule has 2 heterocycles. The van der Waals surface area contributed by atoms with E-state index < -0.39 is 4.92 Å². The molecular formula is C16H13N5O4. The number of nitrogens with zero attached hydrogens (tertiary/aromatic N) is 3. The molecule has 126 valence electrons. The van der Waals surface area contributed by atoms with Gasteiger partial charge in [0.05, 0.1) is 11.2 Å². The highest BCUT2D eigenvalue weighted by molar-refractivity contribution is 6.02. The maximum Gasteiger partial charge on any atom is 0.305 e. The first-order valence-corrected chi connectivity index (χ1v) is 7.26. The summed E-state index contributed by atoms with van der Waals surface area (Å²) in [5, 5.41) is 16.2. The molecule has 0 aliphatic rings. The van der Waals surface area contributed by atoms with Crippen LogP contribution in [0.5, 0.6) is 0 Å². The third-order valence-corrected chi connectivity index (χ3v) is 3.26. The van der Waals surface area contributed by atoms with Gasteiger partial charge < -0.3 is 15.1 Å². The van der Waals surface area contributed by atoms with E-state index in [-0.39, 0.29) is 17.4 Å². The zero-order valence-corrected chi connectivity index (χ0v) is 12.9. The highest BCUT2D eigenvalue weighted by Crippen LogP contribution is 2.13. The number of nitro groups is 1.